The van der Waals surface area contributed by atoms with Gasteiger partial charge in [0.1, 0.15) is 0 Å². The summed E-state index contributed by atoms with van der Waals surface area (Å²) in [5.74, 6) is 0. The molecule has 0 radical (unpaired) electrons. The van der Waals surface area contributed by atoms with E-state index >= 15 is 0 Å². The smallest absolute Gasteiger partial charge is 0.229 e. The molecule has 0 aliphatic heterocycles. The number of aryl methyl sites for hydroxylation is 1. The van der Waals surface area contributed by atoms with Gasteiger partial charge in [-0.2, -0.15) is 0 Å². The van der Waals surface area contributed by atoms with E-state index in [9.17, 15) is 8.42 Å². The summed E-state index contributed by atoms with van der Waals surface area (Å²) >= 11 is 0. The zero-order valence-corrected chi connectivity index (χ0v) is 14.3. The predicted molar refractivity (Wildman–Crippen MR) is 92.3 cm³/mol. The Hall–Kier alpha value is -2.14. The fourth-order valence-electron chi connectivity index (χ4n) is 2.63. The number of fused-ring (bicyclic) bond motifs is 1. The third-order valence-corrected chi connectivity index (χ3v) is 5.98. The molecule has 3 rings (SSSR count). The predicted octanol–water partition coefficient (Wildman–Crippen LogP) is 3.58. The maximum absolute atomic E-state index is 12.7. The Bertz CT molecular complexity index is 956. The van der Waals surface area contributed by atoms with Crippen molar-refractivity contribution in [2.75, 3.05) is 0 Å². The van der Waals surface area contributed by atoms with Crippen molar-refractivity contribution in [2.24, 2.45) is 0 Å². The molecule has 23 heavy (non-hydrogen) atoms. The number of aromatic nitrogens is 2. The van der Waals surface area contributed by atoms with Crippen molar-refractivity contribution < 1.29 is 8.42 Å². The van der Waals surface area contributed by atoms with Gasteiger partial charge in [-0.3, -0.25) is 0 Å². The highest BCUT2D eigenvalue weighted by Crippen LogP contribution is 2.24. The highest BCUT2D eigenvalue weighted by atomic mass is 32.2. The lowest BCUT2D eigenvalue weighted by atomic mass is 10.1. The zero-order valence-electron chi connectivity index (χ0n) is 13.5. The van der Waals surface area contributed by atoms with E-state index in [1.807, 2.05) is 49.4 Å². The number of hydrogen-bond donors (Lipinski definition) is 0. The Morgan fingerprint density at radius 3 is 2.52 bits per heavy atom. The molecule has 4 nitrogen and oxygen atoms in total. The lowest BCUT2D eigenvalue weighted by Crippen LogP contribution is -2.19. The van der Waals surface area contributed by atoms with Gasteiger partial charge in [0.25, 0.3) is 0 Å². The van der Waals surface area contributed by atoms with Gasteiger partial charge in [0.05, 0.1) is 22.8 Å². The third kappa shape index (κ3) is 2.88. The van der Waals surface area contributed by atoms with Crippen molar-refractivity contribution in [2.45, 2.75) is 37.7 Å². The molecule has 3 aromatic rings. The van der Waals surface area contributed by atoms with Crippen LogP contribution in [0.5, 0.6) is 0 Å². The van der Waals surface area contributed by atoms with Crippen molar-refractivity contribution in [3.63, 3.8) is 0 Å². The van der Waals surface area contributed by atoms with Gasteiger partial charge in [-0.15, -0.1) is 0 Å². The summed E-state index contributed by atoms with van der Waals surface area (Å²) in [5.41, 5.74) is 3.76. The van der Waals surface area contributed by atoms with Crippen molar-refractivity contribution in [1.82, 2.24) is 9.55 Å². The van der Waals surface area contributed by atoms with E-state index in [4.69, 9.17) is 0 Å². The van der Waals surface area contributed by atoms with Gasteiger partial charge in [0, 0.05) is 0 Å². The number of rotatable bonds is 4. The number of sulfone groups is 1. The Morgan fingerprint density at radius 2 is 1.83 bits per heavy atom. The summed E-state index contributed by atoms with van der Waals surface area (Å²) in [5, 5.41) is -0.356. The van der Waals surface area contributed by atoms with Crippen molar-refractivity contribution in [3.05, 3.63) is 59.7 Å². The fourth-order valence-corrected chi connectivity index (χ4v) is 3.74. The molecule has 0 N–H and O–H groups in total. The van der Waals surface area contributed by atoms with Crippen LogP contribution >= 0.6 is 0 Å². The summed E-state index contributed by atoms with van der Waals surface area (Å²) in [6, 6.07) is 15.6. The third-order valence-electron chi connectivity index (χ3n) is 3.92. The van der Waals surface area contributed by atoms with E-state index in [1.165, 1.54) is 0 Å². The average molecular weight is 328 g/mol. The van der Waals surface area contributed by atoms with Gasteiger partial charge >= 0.3 is 0 Å². The van der Waals surface area contributed by atoms with E-state index in [1.54, 1.807) is 18.4 Å². The van der Waals surface area contributed by atoms with Crippen molar-refractivity contribution in [3.8, 4) is 0 Å². The maximum atomic E-state index is 12.7. The van der Waals surface area contributed by atoms with Crippen LogP contribution in [0, 0.1) is 6.92 Å². The normalized spacial score (nSPS) is 12.2. The quantitative estimate of drug-likeness (QED) is 0.735. The molecular formula is C18H20N2O2S. The molecule has 5 heteroatoms. The molecule has 1 heterocycles. The van der Waals surface area contributed by atoms with Gasteiger partial charge in [0.2, 0.25) is 15.0 Å². The summed E-state index contributed by atoms with van der Waals surface area (Å²) in [7, 11) is -3.45. The van der Waals surface area contributed by atoms with E-state index in [0.29, 0.717) is 12.1 Å². The van der Waals surface area contributed by atoms with E-state index in [0.717, 1.165) is 16.6 Å². The summed E-state index contributed by atoms with van der Waals surface area (Å²) in [4.78, 5) is 4.40. The van der Waals surface area contributed by atoms with Crippen LogP contribution in [-0.2, 0) is 16.4 Å². The topological polar surface area (TPSA) is 52.0 Å². The monoisotopic (exact) mass is 328 g/mol. The Kier molecular flexibility index (Phi) is 3.98. The summed E-state index contributed by atoms with van der Waals surface area (Å²) in [6.07, 6.45) is 0. The zero-order chi connectivity index (χ0) is 16.6. The average Bonchev–Trinajstić information content (AvgIpc) is 2.87. The van der Waals surface area contributed by atoms with Crippen LogP contribution in [0.2, 0.25) is 0 Å². The Morgan fingerprint density at radius 1 is 1.09 bits per heavy atom. The molecule has 0 fully saturated rings. The molecule has 0 bridgehead atoms. The van der Waals surface area contributed by atoms with Crippen LogP contribution < -0.4 is 0 Å². The summed E-state index contributed by atoms with van der Waals surface area (Å²) < 4.78 is 27.2. The van der Waals surface area contributed by atoms with Gasteiger partial charge < -0.3 is 4.57 Å². The van der Waals surface area contributed by atoms with Crippen LogP contribution in [0.3, 0.4) is 0 Å². The van der Waals surface area contributed by atoms with Crippen LogP contribution in [0.25, 0.3) is 11.0 Å². The standard InChI is InChI=1S/C18H20N2O2S/c1-13(2)23(21,22)18-19-16-9-4-5-10-17(16)20(18)12-15-8-6-7-14(3)11-15/h4-11,13H,12H2,1-3H3. The second-order valence-electron chi connectivity index (χ2n) is 6.05. The van der Waals surface area contributed by atoms with E-state index < -0.39 is 15.1 Å². The highest BCUT2D eigenvalue weighted by Gasteiger charge is 2.27. The molecular weight excluding hydrogens is 308 g/mol. The van der Waals surface area contributed by atoms with E-state index in [2.05, 4.69) is 11.1 Å². The summed E-state index contributed by atoms with van der Waals surface area (Å²) in [6.45, 7) is 5.89. The van der Waals surface area contributed by atoms with Crippen LogP contribution in [0.4, 0.5) is 0 Å². The number of para-hydroxylation sites is 2. The largest absolute Gasteiger partial charge is 0.310 e. The maximum Gasteiger partial charge on any atom is 0.229 e. The number of nitrogens with zero attached hydrogens (tertiary/aromatic N) is 2. The van der Waals surface area contributed by atoms with E-state index in [-0.39, 0.29) is 5.16 Å². The first-order chi connectivity index (χ1) is 10.9. The minimum atomic E-state index is -3.45. The van der Waals surface area contributed by atoms with Crippen LogP contribution in [0.15, 0.2) is 53.7 Å². The molecule has 0 amide bonds. The molecule has 0 aliphatic carbocycles. The minimum Gasteiger partial charge on any atom is -0.310 e. The number of benzene rings is 2. The van der Waals surface area contributed by atoms with Gasteiger partial charge in [0.15, 0.2) is 0 Å². The first-order valence-electron chi connectivity index (χ1n) is 7.64. The molecule has 0 saturated carbocycles. The van der Waals surface area contributed by atoms with Crippen LogP contribution in [0.1, 0.15) is 25.0 Å². The highest BCUT2D eigenvalue weighted by molar-refractivity contribution is 7.91. The molecule has 0 aliphatic rings. The first kappa shape index (κ1) is 15.7. The van der Waals surface area contributed by atoms with Gasteiger partial charge in [-0.1, -0.05) is 42.0 Å². The SMILES string of the molecule is Cc1cccc(Cn2c(S(=O)(=O)C(C)C)nc3ccccc32)c1. The number of hydrogen-bond acceptors (Lipinski definition) is 3. The van der Waals surface area contributed by atoms with Crippen molar-refractivity contribution >= 4 is 20.9 Å². The molecule has 120 valence electrons. The molecule has 0 saturated heterocycles. The van der Waals surface area contributed by atoms with Crippen molar-refractivity contribution in [1.29, 1.82) is 0 Å². The minimum absolute atomic E-state index is 0.148. The molecule has 2 aromatic carbocycles. The lowest BCUT2D eigenvalue weighted by molar-refractivity contribution is 0.567. The number of imidazole rings is 1. The molecule has 0 atom stereocenters. The Balaban J connectivity index is 2.21. The Labute approximate surface area is 136 Å². The second kappa shape index (κ2) is 5.81. The van der Waals surface area contributed by atoms with Gasteiger partial charge in [-0.05, 0) is 38.5 Å². The first-order valence-corrected chi connectivity index (χ1v) is 9.19. The lowest BCUT2D eigenvalue weighted by Gasteiger charge is -2.12. The fraction of sp³-hybridized carbons (Fsp3) is 0.278. The second-order valence-corrected chi connectivity index (χ2v) is 8.45. The molecule has 0 spiro atoms. The molecule has 1 aromatic heterocycles. The van der Waals surface area contributed by atoms with Crippen LogP contribution in [-0.4, -0.2) is 23.2 Å². The molecule has 0 unspecified atom stereocenters. The van der Waals surface area contributed by atoms with Gasteiger partial charge in [-0.25, -0.2) is 13.4 Å².